The van der Waals surface area contributed by atoms with Crippen LogP contribution in [-0.4, -0.2) is 7.11 Å². The van der Waals surface area contributed by atoms with Crippen LogP contribution in [0.1, 0.15) is 16.7 Å². The van der Waals surface area contributed by atoms with Gasteiger partial charge in [-0.1, -0.05) is 45.7 Å². The molecule has 0 aromatic heterocycles. The van der Waals surface area contributed by atoms with Crippen LogP contribution in [0.3, 0.4) is 0 Å². The van der Waals surface area contributed by atoms with Crippen LogP contribution in [0.4, 0.5) is 0 Å². The molecule has 0 spiro atoms. The summed E-state index contributed by atoms with van der Waals surface area (Å²) in [5, 5.41) is 4.12. The van der Waals surface area contributed by atoms with Crippen LogP contribution in [0, 0.1) is 6.92 Å². The second-order valence-corrected chi connectivity index (χ2v) is 5.87. The van der Waals surface area contributed by atoms with Gasteiger partial charge in [-0.25, -0.2) is 0 Å². The van der Waals surface area contributed by atoms with E-state index in [0.717, 1.165) is 27.4 Å². The van der Waals surface area contributed by atoms with Crippen molar-refractivity contribution in [1.82, 2.24) is 5.32 Å². The minimum absolute atomic E-state index is 0.675. The van der Waals surface area contributed by atoms with Gasteiger partial charge in [0.2, 0.25) is 0 Å². The minimum Gasteiger partial charge on any atom is -0.496 e. The number of aryl methyl sites for hydroxylation is 1. The summed E-state index contributed by atoms with van der Waals surface area (Å²) in [7, 11) is 1.66. The number of hydrogen-bond acceptors (Lipinski definition) is 2. The molecule has 2 nitrogen and oxygen atoms in total. The van der Waals surface area contributed by atoms with Gasteiger partial charge in [-0.2, -0.15) is 0 Å². The van der Waals surface area contributed by atoms with E-state index < -0.39 is 0 Å². The Kier molecular flexibility index (Phi) is 5.46. The lowest BCUT2D eigenvalue weighted by Gasteiger charge is -2.12. The van der Waals surface area contributed by atoms with E-state index in [1.807, 2.05) is 18.2 Å². The van der Waals surface area contributed by atoms with E-state index in [2.05, 4.69) is 46.4 Å². The van der Waals surface area contributed by atoms with Crippen molar-refractivity contribution in [2.24, 2.45) is 0 Å². The first-order valence-corrected chi connectivity index (χ1v) is 7.56. The zero-order valence-corrected chi connectivity index (χ0v) is 13.9. The number of ether oxygens (including phenoxy) is 1. The molecule has 0 unspecified atom stereocenters. The first-order valence-electron chi connectivity index (χ1n) is 6.39. The van der Waals surface area contributed by atoms with E-state index >= 15 is 0 Å². The maximum absolute atomic E-state index is 6.21. The quantitative estimate of drug-likeness (QED) is 0.839. The van der Waals surface area contributed by atoms with Crippen molar-refractivity contribution in [2.75, 3.05) is 7.11 Å². The molecule has 0 amide bonds. The molecule has 0 heterocycles. The smallest absolute Gasteiger partial charge is 0.124 e. The Morgan fingerprint density at radius 2 is 2.00 bits per heavy atom. The van der Waals surface area contributed by atoms with Crippen LogP contribution in [-0.2, 0) is 13.1 Å². The van der Waals surface area contributed by atoms with Crippen molar-refractivity contribution < 1.29 is 4.74 Å². The summed E-state index contributed by atoms with van der Waals surface area (Å²) in [6.07, 6.45) is 0. The summed E-state index contributed by atoms with van der Waals surface area (Å²) in [6, 6.07) is 12.1. The average molecular weight is 355 g/mol. The summed E-state index contributed by atoms with van der Waals surface area (Å²) in [6.45, 7) is 3.54. The lowest BCUT2D eigenvalue weighted by atomic mass is 10.1. The third kappa shape index (κ3) is 3.75. The summed E-state index contributed by atoms with van der Waals surface area (Å²) >= 11 is 9.76. The Morgan fingerprint density at radius 3 is 2.70 bits per heavy atom. The maximum Gasteiger partial charge on any atom is 0.124 e. The van der Waals surface area contributed by atoms with Crippen LogP contribution in [0.25, 0.3) is 0 Å². The molecule has 106 valence electrons. The molecule has 0 aliphatic rings. The van der Waals surface area contributed by atoms with Crippen LogP contribution in [0.15, 0.2) is 40.9 Å². The van der Waals surface area contributed by atoms with E-state index in [1.54, 1.807) is 7.11 Å². The Hall–Kier alpha value is -1.03. The molecule has 20 heavy (non-hydrogen) atoms. The molecule has 0 aliphatic carbocycles. The normalized spacial score (nSPS) is 10.6. The molecule has 0 saturated heterocycles. The van der Waals surface area contributed by atoms with E-state index in [9.17, 15) is 0 Å². The van der Waals surface area contributed by atoms with Crippen molar-refractivity contribution in [3.8, 4) is 5.75 Å². The SMILES string of the molecule is COc1cccc(Cl)c1CNCc1ccc(C)c(Br)c1. The first-order chi connectivity index (χ1) is 9.61. The summed E-state index contributed by atoms with van der Waals surface area (Å²) in [5.41, 5.74) is 3.46. The Bertz CT molecular complexity index is 601. The van der Waals surface area contributed by atoms with Gasteiger partial charge in [0, 0.05) is 28.1 Å². The Morgan fingerprint density at radius 1 is 1.20 bits per heavy atom. The highest BCUT2D eigenvalue weighted by molar-refractivity contribution is 9.10. The van der Waals surface area contributed by atoms with Gasteiger partial charge in [-0.05, 0) is 36.2 Å². The molecule has 0 saturated carbocycles. The standard InChI is InChI=1S/C16H17BrClNO/c1-11-6-7-12(8-14(11)17)9-19-10-13-15(18)4-3-5-16(13)20-2/h3-8,19H,9-10H2,1-2H3. The van der Waals surface area contributed by atoms with Gasteiger partial charge in [0.15, 0.2) is 0 Å². The number of methoxy groups -OCH3 is 1. The van der Waals surface area contributed by atoms with Crippen molar-refractivity contribution in [3.63, 3.8) is 0 Å². The highest BCUT2D eigenvalue weighted by atomic mass is 79.9. The zero-order valence-electron chi connectivity index (χ0n) is 11.5. The molecule has 1 N–H and O–H groups in total. The molecule has 4 heteroatoms. The molecule has 2 aromatic rings. The molecule has 0 atom stereocenters. The maximum atomic E-state index is 6.21. The van der Waals surface area contributed by atoms with Gasteiger partial charge in [0.25, 0.3) is 0 Å². The number of rotatable bonds is 5. The number of halogens is 2. The lowest BCUT2D eigenvalue weighted by molar-refractivity contribution is 0.407. The fourth-order valence-corrected chi connectivity index (χ4v) is 2.64. The van der Waals surface area contributed by atoms with Crippen molar-refractivity contribution >= 4 is 27.5 Å². The third-order valence-electron chi connectivity index (χ3n) is 3.16. The van der Waals surface area contributed by atoms with E-state index in [1.165, 1.54) is 11.1 Å². The minimum atomic E-state index is 0.675. The predicted octanol–water partition coefficient (Wildman–Crippen LogP) is 4.71. The molecule has 2 aromatic carbocycles. The fraction of sp³-hybridized carbons (Fsp3) is 0.250. The van der Waals surface area contributed by atoms with Gasteiger partial charge in [0.05, 0.1) is 7.11 Å². The van der Waals surface area contributed by atoms with E-state index in [-0.39, 0.29) is 0 Å². The van der Waals surface area contributed by atoms with Gasteiger partial charge in [0.1, 0.15) is 5.75 Å². The lowest BCUT2D eigenvalue weighted by Crippen LogP contribution is -2.13. The summed E-state index contributed by atoms with van der Waals surface area (Å²) in [4.78, 5) is 0. The first kappa shape index (κ1) is 15.4. The van der Waals surface area contributed by atoms with Crippen LogP contribution in [0.2, 0.25) is 5.02 Å². The zero-order chi connectivity index (χ0) is 14.5. The van der Waals surface area contributed by atoms with Crippen molar-refractivity contribution in [2.45, 2.75) is 20.0 Å². The van der Waals surface area contributed by atoms with Crippen molar-refractivity contribution in [1.29, 1.82) is 0 Å². The number of benzene rings is 2. The average Bonchev–Trinajstić information content (AvgIpc) is 2.44. The Labute approximate surface area is 133 Å². The topological polar surface area (TPSA) is 21.3 Å². The number of hydrogen-bond donors (Lipinski definition) is 1. The van der Waals surface area contributed by atoms with Gasteiger partial charge in [-0.3, -0.25) is 0 Å². The summed E-state index contributed by atoms with van der Waals surface area (Å²) in [5.74, 6) is 0.815. The molecule has 0 bridgehead atoms. The molecule has 2 rings (SSSR count). The molecule has 0 aliphatic heterocycles. The molecular formula is C16H17BrClNO. The van der Waals surface area contributed by atoms with Crippen LogP contribution < -0.4 is 10.1 Å². The van der Waals surface area contributed by atoms with Gasteiger partial charge in [-0.15, -0.1) is 0 Å². The third-order valence-corrected chi connectivity index (χ3v) is 4.37. The molecule has 0 fully saturated rings. The fourth-order valence-electron chi connectivity index (χ4n) is 1.98. The highest BCUT2D eigenvalue weighted by Crippen LogP contribution is 2.26. The Balaban J connectivity index is 2.01. The number of nitrogens with one attached hydrogen (secondary N) is 1. The second kappa shape index (κ2) is 7.11. The molecule has 0 radical (unpaired) electrons. The highest BCUT2D eigenvalue weighted by Gasteiger charge is 2.07. The second-order valence-electron chi connectivity index (χ2n) is 4.61. The van der Waals surface area contributed by atoms with Crippen LogP contribution >= 0.6 is 27.5 Å². The summed E-state index contributed by atoms with van der Waals surface area (Å²) < 4.78 is 6.46. The predicted molar refractivity (Wildman–Crippen MR) is 87.4 cm³/mol. The van der Waals surface area contributed by atoms with Crippen LogP contribution in [0.5, 0.6) is 5.75 Å². The molecular weight excluding hydrogens is 338 g/mol. The van der Waals surface area contributed by atoms with E-state index in [0.29, 0.717) is 6.54 Å². The van der Waals surface area contributed by atoms with Crippen molar-refractivity contribution in [3.05, 3.63) is 62.6 Å². The largest absolute Gasteiger partial charge is 0.496 e. The van der Waals surface area contributed by atoms with Gasteiger partial charge < -0.3 is 10.1 Å². The monoisotopic (exact) mass is 353 g/mol. The van der Waals surface area contributed by atoms with E-state index in [4.69, 9.17) is 16.3 Å². The van der Waals surface area contributed by atoms with Gasteiger partial charge >= 0.3 is 0 Å².